The molecule has 4 heteroatoms. The van der Waals surface area contributed by atoms with Crippen LogP contribution >= 0.6 is 0 Å². The molecule has 0 aliphatic heterocycles. The number of nitrogens with two attached hydrogens (primary N) is 1. The van der Waals surface area contributed by atoms with E-state index < -0.39 is 0 Å². The molecule has 0 aliphatic rings. The van der Waals surface area contributed by atoms with Crippen molar-refractivity contribution >= 4 is 5.90 Å². The predicted octanol–water partition coefficient (Wildman–Crippen LogP) is 0.0197. The Morgan fingerprint density at radius 2 is 2.40 bits per heavy atom. The average Bonchev–Trinajstić information content (AvgIpc) is 1.88. The number of hydrogen-bond donors (Lipinski definition) is 3. The van der Waals surface area contributed by atoms with Gasteiger partial charge in [-0.25, -0.2) is 0 Å². The summed E-state index contributed by atoms with van der Waals surface area (Å²) in [7, 11) is 1.69. The third kappa shape index (κ3) is 3.77. The Bertz CT molecular complexity index is 142. The first-order valence-electron chi connectivity index (χ1n) is 3.07. The summed E-state index contributed by atoms with van der Waals surface area (Å²) in [4.78, 5) is 0. The quantitative estimate of drug-likeness (QED) is 0.385. The highest BCUT2D eigenvalue weighted by molar-refractivity contribution is 5.85. The number of hydrogen-bond acceptors (Lipinski definition) is 4. The molecule has 0 aromatic carbocycles. The fraction of sp³-hybridized carbons (Fsp3) is 0.500. The van der Waals surface area contributed by atoms with Gasteiger partial charge in [0, 0.05) is 13.1 Å². The van der Waals surface area contributed by atoms with Gasteiger partial charge in [0.2, 0.25) is 5.90 Å². The highest BCUT2D eigenvalue weighted by atomic mass is 16.5. The third-order valence-electron chi connectivity index (χ3n) is 0.875. The van der Waals surface area contributed by atoms with Gasteiger partial charge >= 0.3 is 0 Å². The third-order valence-corrected chi connectivity index (χ3v) is 0.875. The Morgan fingerprint density at radius 3 is 2.80 bits per heavy atom. The highest BCUT2D eigenvalue weighted by Crippen LogP contribution is 1.82. The van der Waals surface area contributed by atoms with E-state index in [9.17, 15) is 0 Å². The van der Waals surface area contributed by atoms with E-state index in [0.29, 0.717) is 12.4 Å². The van der Waals surface area contributed by atoms with E-state index >= 15 is 0 Å². The lowest BCUT2D eigenvalue weighted by molar-refractivity contribution is 0.327. The molecule has 0 saturated carbocycles. The molecular weight excluding hydrogens is 130 g/mol. The van der Waals surface area contributed by atoms with E-state index in [1.165, 1.54) is 6.08 Å². The van der Waals surface area contributed by atoms with Crippen LogP contribution in [0.4, 0.5) is 0 Å². The van der Waals surface area contributed by atoms with Gasteiger partial charge in [-0.3, -0.25) is 5.41 Å². The van der Waals surface area contributed by atoms with Crippen LogP contribution in [-0.2, 0) is 4.74 Å². The maximum absolute atomic E-state index is 7.10. The number of nitrogens with one attached hydrogen (secondary N) is 2. The fourth-order valence-corrected chi connectivity index (χ4v) is 0.411. The first kappa shape index (κ1) is 8.81. The molecule has 0 atom stereocenters. The first-order chi connectivity index (χ1) is 4.70. The maximum Gasteiger partial charge on any atom is 0.209 e. The van der Waals surface area contributed by atoms with Gasteiger partial charge in [0.25, 0.3) is 0 Å². The van der Waals surface area contributed by atoms with E-state index in [1.54, 1.807) is 7.05 Å². The Labute approximate surface area is 60.6 Å². The normalized spacial score (nSPS) is 10.8. The summed E-state index contributed by atoms with van der Waals surface area (Å²) in [6, 6.07) is 0. The standard InChI is InChI=1S/C6H13N3O/c1-3-10-6(8)4-5(7)9-2/h4,8-9H,3,7H2,1-2H3/b5-4-,8-6?. The van der Waals surface area contributed by atoms with Gasteiger partial charge in [0.05, 0.1) is 6.61 Å². The van der Waals surface area contributed by atoms with Crippen molar-refractivity contribution in [3.63, 3.8) is 0 Å². The molecule has 4 nitrogen and oxygen atoms in total. The van der Waals surface area contributed by atoms with E-state index in [2.05, 4.69) is 5.32 Å². The van der Waals surface area contributed by atoms with E-state index in [0.717, 1.165) is 0 Å². The Balaban J connectivity index is 3.75. The van der Waals surface area contributed by atoms with E-state index in [1.807, 2.05) is 6.92 Å². The summed E-state index contributed by atoms with van der Waals surface area (Å²) < 4.78 is 4.80. The highest BCUT2D eigenvalue weighted by Gasteiger charge is 1.90. The Kier molecular flexibility index (Phi) is 4.11. The molecule has 0 fully saturated rings. The lowest BCUT2D eigenvalue weighted by Gasteiger charge is -2.01. The van der Waals surface area contributed by atoms with Gasteiger partial charge in [-0.2, -0.15) is 0 Å². The molecule has 0 radical (unpaired) electrons. The molecule has 0 aromatic heterocycles. The lowest BCUT2D eigenvalue weighted by Crippen LogP contribution is -2.16. The molecule has 0 aromatic rings. The van der Waals surface area contributed by atoms with Crippen molar-refractivity contribution in [3.05, 3.63) is 11.9 Å². The van der Waals surface area contributed by atoms with Crippen LogP contribution < -0.4 is 11.1 Å². The summed E-state index contributed by atoms with van der Waals surface area (Å²) >= 11 is 0. The summed E-state index contributed by atoms with van der Waals surface area (Å²) in [6.45, 7) is 2.31. The van der Waals surface area contributed by atoms with Crippen molar-refractivity contribution in [1.82, 2.24) is 5.32 Å². The molecule has 0 amide bonds. The van der Waals surface area contributed by atoms with Crippen molar-refractivity contribution in [1.29, 1.82) is 5.41 Å². The molecular formula is C6H13N3O. The van der Waals surface area contributed by atoms with Crippen LogP contribution in [0.1, 0.15) is 6.92 Å². The van der Waals surface area contributed by atoms with Crippen LogP contribution in [0.3, 0.4) is 0 Å². The van der Waals surface area contributed by atoms with Crippen LogP contribution in [0, 0.1) is 5.41 Å². The largest absolute Gasteiger partial charge is 0.478 e. The zero-order chi connectivity index (χ0) is 7.98. The average molecular weight is 143 g/mol. The van der Waals surface area contributed by atoms with Crippen LogP contribution in [0.25, 0.3) is 0 Å². The molecule has 0 aliphatic carbocycles. The second kappa shape index (κ2) is 4.67. The Morgan fingerprint density at radius 1 is 1.80 bits per heavy atom. The molecule has 0 bridgehead atoms. The molecule has 0 unspecified atom stereocenters. The monoisotopic (exact) mass is 143 g/mol. The van der Waals surface area contributed by atoms with Crippen LogP contribution in [0.15, 0.2) is 11.9 Å². The molecule has 58 valence electrons. The second-order valence-corrected chi connectivity index (χ2v) is 1.65. The minimum atomic E-state index is 0.0781. The smallest absolute Gasteiger partial charge is 0.209 e. The molecule has 0 heterocycles. The molecule has 0 spiro atoms. The minimum absolute atomic E-state index is 0.0781. The predicted molar refractivity (Wildman–Crippen MR) is 40.7 cm³/mol. The first-order valence-corrected chi connectivity index (χ1v) is 3.07. The van der Waals surface area contributed by atoms with E-state index in [4.69, 9.17) is 15.9 Å². The lowest BCUT2D eigenvalue weighted by atomic mass is 10.5. The maximum atomic E-state index is 7.10. The second-order valence-electron chi connectivity index (χ2n) is 1.65. The summed E-state index contributed by atoms with van der Waals surface area (Å²) in [5.74, 6) is 0.507. The zero-order valence-electron chi connectivity index (χ0n) is 6.27. The van der Waals surface area contributed by atoms with Crippen molar-refractivity contribution in [2.24, 2.45) is 5.73 Å². The molecule has 4 N–H and O–H groups in total. The summed E-state index contributed by atoms with van der Waals surface area (Å²) in [6.07, 6.45) is 1.42. The van der Waals surface area contributed by atoms with Gasteiger partial charge in [0.15, 0.2) is 0 Å². The summed E-state index contributed by atoms with van der Waals surface area (Å²) in [5, 5.41) is 9.78. The van der Waals surface area contributed by atoms with Gasteiger partial charge in [-0.05, 0) is 6.92 Å². The van der Waals surface area contributed by atoms with Gasteiger partial charge < -0.3 is 15.8 Å². The number of rotatable bonds is 3. The van der Waals surface area contributed by atoms with Crippen molar-refractivity contribution in [3.8, 4) is 0 Å². The van der Waals surface area contributed by atoms with Gasteiger partial charge in [-0.15, -0.1) is 0 Å². The van der Waals surface area contributed by atoms with Crippen molar-refractivity contribution in [2.45, 2.75) is 6.92 Å². The zero-order valence-corrected chi connectivity index (χ0v) is 6.27. The minimum Gasteiger partial charge on any atom is -0.478 e. The topological polar surface area (TPSA) is 71.1 Å². The molecule has 0 rings (SSSR count). The molecule has 10 heavy (non-hydrogen) atoms. The van der Waals surface area contributed by atoms with Crippen LogP contribution in [0.2, 0.25) is 0 Å². The fourth-order valence-electron chi connectivity index (χ4n) is 0.411. The van der Waals surface area contributed by atoms with Crippen molar-refractivity contribution in [2.75, 3.05) is 13.7 Å². The number of ether oxygens (including phenoxy) is 1. The molecule has 0 saturated heterocycles. The Hall–Kier alpha value is -1.19. The van der Waals surface area contributed by atoms with Crippen molar-refractivity contribution < 1.29 is 4.74 Å². The summed E-state index contributed by atoms with van der Waals surface area (Å²) in [5.41, 5.74) is 5.33. The van der Waals surface area contributed by atoms with Crippen LogP contribution in [-0.4, -0.2) is 19.6 Å². The van der Waals surface area contributed by atoms with E-state index in [-0.39, 0.29) is 5.90 Å². The van der Waals surface area contributed by atoms with Crippen LogP contribution in [0.5, 0.6) is 0 Å². The SMILES string of the molecule is CCOC(=N)/C=C(/N)NC. The van der Waals surface area contributed by atoms with Gasteiger partial charge in [0.1, 0.15) is 5.82 Å². The van der Waals surface area contributed by atoms with Gasteiger partial charge in [-0.1, -0.05) is 0 Å².